The summed E-state index contributed by atoms with van der Waals surface area (Å²) >= 11 is 5.26. The Balaban J connectivity index is 2.00. The number of benzene rings is 2. The van der Waals surface area contributed by atoms with E-state index in [0.29, 0.717) is 35.8 Å². The quantitative estimate of drug-likeness (QED) is 0.418. The number of para-hydroxylation sites is 1. The molecule has 1 atom stereocenters. The topological polar surface area (TPSA) is 88.7 Å². The Hall–Kier alpha value is -2.97. The highest BCUT2D eigenvalue weighted by molar-refractivity contribution is 7.80. The van der Waals surface area contributed by atoms with Gasteiger partial charge in [-0.2, -0.15) is 0 Å². The maximum absolute atomic E-state index is 12.6. The summed E-state index contributed by atoms with van der Waals surface area (Å²) in [5.41, 5.74) is 1.47. The first-order chi connectivity index (χ1) is 14.4. The number of amides is 2. The minimum atomic E-state index is -0.397. The highest BCUT2D eigenvalue weighted by atomic mass is 32.1. The monoisotopic (exact) mass is 429 g/mol. The zero-order chi connectivity index (χ0) is 21.9. The molecule has 160 valence electrons. The molecule has 0 heterocycles. The molecule has 0 aliphatic rings. The predicted octanol–water partition coefficient (Wildman–Crippen LogP) is 3.37. The number of nitrogens with one attached hydrogen (secondary N) is 3. The van der Waals surface area contributed by atoms with Crippen molar-refractivity contribution in [2.24, 2.45) is 0 Å². The molecule has 7 nitrogen and oxygen atoms in total. The predicted molar refractivity (Wildman–Crippen MR) is 121 cm³/mol. The average molecular weight is 430 g/mol. The summed E-state index contributed by atoms with van der Waals surface area (Å²) in [6.45, 7) is 4.69. The smallest absolute Gasteiger partial charge is 0.261 e. The van der Waals surface area contributed by atoms with Gasteiger partial charge in [-0.1, -0.05) is 25.1 Å². The van der Waals surface area contributed by atoms with Crippen LogP contribution in [0.2, 0.25) is 0 Å². The molecule has 0 aliphatic carbocycles. The lowest BCUT2D eigenvalue weighted by molar-refractivity contribution is 0.0937. The van der Waals surface area contributed by atoms with E-state index in [4.69, 9.17) is 21.7 Å². The molecule has 1 unspecified atom stereocenters. The minimum absolute atomic E-state index is 0.0839. The van der Waals surface area contributed by atoms with Crippen LogP contribution in [0.4, 0.5) is 5.69 Å². The highest BCUT2D eigenvalue weighted by Crippen LogP contribution is 2.18. The molecule has 2 aromatic carbocycles. The first-order valence-corrected chi connectivity index (χ1v) is 10.1. The van der Waals surface area contributed by atoms with Crippen LogP contribution in [0.1, 0.15) is 41.0 Å². The van der Waals surface area contributed by atoms with Gasteiger partial charge in [-0.05, 0) is 55.9 Å². The number of anilines is 1. The van der Waals surface area contributed by atoms with Gasteiger partial charge in [0.25, 0.3) is 11.8 Å². The molecule has 0 saturated carbocycles. The molecular formula is C22H27N3O4S. The summed E-state index contributed by atoms with van der Waals surface area (Å²) in [6.07, 6.45) is 0.844. The van der Waals surface area contributed by atoms with Crippen molar-refractivity contribution in [3.05, 3.63) is 59.7 Å². The van der Waals surface area contributed by atoms with Crippen molar-refractivity contribution in [3.8, 4) is 5.75 Å². The van der Waals surface area contributed by atoms with Crippen molar-refractivity contribution in [2.75, 3.05) is 25.6 Å². The third kappa shape index (κ3) is 7.13. The van der Waals surface area contributed by atoms with Crippen LogP contribution in [0.15, 0.2) is 48.5 Å². The van der Waals surface area contributed by atoms with Crippen LogP contribution in [-0.2, 0) is 4.74 Å². The van der Waals surface area contributed by atoms with Crippen LogP contribution in [0.25, 0.3) is 0 Å². The van der Waals surface area contributed by atoms with Crippen LogP contribution in [-0.4, -0.2) is 43.3 Å². The third-order valence-electron chi connectivity index (χ3n) is 4.28. The van der Waals surface area contributed by atoms with E-state index in [-0.39, 0.29) is 17.1 Å². The standard InChI is InChI=1S/C22H27N3O4S/c1-4-15(2)23-20(26)16-8-7-9-17(14-16)24-22(30)25-21(27)18-10-5-6-11-19(18)29-13-12-28-3/h5-11,14-15H,4,12-13H2,1-3H3,(H,23,26)(H2,24,25,27,30). The Labute approximate surface area is 182 Å². The Morgan fingerprint density at radius 2 is 1.83 bits per heavy atom. The zero-order valence-corrected chi connectivity index (χ0v) is 18.2. The second-order valence-electron chi connectivity index (χ2n) is 6.61. The molecule has 0 bridgehead atoms. The Kier molecular flexibility index (Phi) is 9.24. The molecule has 0 radical (unpaired) electrons. The molecule has 0 spiro atoms. The molecule has 3 N–H and O–H groups in total. The molecule has 30 heavy (non-hydrogen) atoms. The SMILES string of the molecule is CCC(C)NC(=O)c1cccc(NC(=S)NC(=O)c2ccccc2OCCOC)c1. The summed E-state index contributed by atoms with van der Waals surface area (Å²) in [5.74, 6) is -0.116. The summed E-state index contributed by atoms with van der Waals surface area (Å²) < 4.78 is 10.6. The van der Waals surface area contributed by atoms with Gasteiger partial charge in [0.2, 0.25) is 0 Å². The van der Waals surface area contributed by atoms with Crippen molar-refractivity contribution in [1.82, 2.24) is 10.6 Å². The molecule has 2 rings (SSSR count). The molecule has 0 aromatic heterocycles. The van der Waals surface area contributed by atoms with Crippen molar-refractivity contribution >= 4 is 34.8 Å². The van der Waals surface area contributed by atoms with Gasteiger partial charge in [0.05, 0.1) is 12.2 Å². The summed E-state index contributed by atoms with van der Waals surface area (Å²) in [5, 5.41) is 8.60. The van der Waals surface area contributed by atoms with Gasteiger partial charge in [0.15, 0.2) is 5.11 Å². The van der Waals surface area contributed by atoms with Gasteiger partial charge in [-0.3, -0.25) is 14.9 Å². The number of ether oxygens (including phenoxy) is 2. The van der Waals surface area contributed by atoms with Crippen molar-refractivity contribution < 1.29 is 19.1 Å². The van der Waals surface area contributed by atoms with Crippen LogP contribution >= 0.6 is 12.2 Å². The third-order valence-corrected chi connectivity index (χ3v) is 4.48. The number of rotatable bonds is 9. The summed E-state index contributed by atoms with van der Waals surface area (Å²) in [6, 6.07) is 13.9. The lowest BCUT2D eigenvalue weighted by Gasteiger charge is -2.14. The van der Waals surface area contributed by atoms with Gasteiger partial charge < -0.3 is 20.1 Å². The van der Waals surface area contributed by atoms with Gasteiger partial charge in [-0.25, -0.2) is 0 Å². The van der Waals surface area contributed by atoms with Gasteiger partial charge in [0, 0.05) is 24.4 Å². The Bertz CT molecular complexity index is 888. The normalized spacial score (nSPS) is 11.3. The number of carbonyl (C=O) groups excluding carboxylic acids is 2. The molecule has 2 aromatic rings. The van der Waals surface area contributed by atoms with Crippen molar-refractivity contribution in [3.63, 3.8) is 0 Å². The van der Waals surface area contributed by atoms with Gasteiger partial charge in [-0.15, -0.1) is 0 Å². The van der Waals surface area contributed by atoms with E-state index in [9.17, 15) is 9.59 Å². The Morgan fingerprint density at radius 3 is 2.57 bits per heavy atom. The van der Waals surface area contributed by atoms with E-state index in [0.717, 1.165) is 6.42 Å². The largest absolute Gasteiger partial charge is 0.490 e. The molecule has 8 heteroatoms. The lowest BCUT2D eigenvalue weighted by Crippen LogP contribution is -2.34. The molecule has 2 amide bonds. The fourth-order valence-corrected chi connectivity index (χ4v) is 2.71. The highest BCUT2D eigenvalue weighted by Gasteiger charge is 2.14. The second kappa shape index (κ2) is 11.9. The number of methoxy groups -OCH3 is 1. The molecular weight excluding hydrogens is 402 g/mol. The Morgan fingerprint density at radius 1 is 1.07 bits per heavy atom. The molecule has 0 saturated heterocycles. The van der Waals surface area contributed by atoms with Crippen LogP contribution in [0, 0.1) is 0 Å². The van der Waals surface area contributed by atoms with Crippen LogP contribution < -0.4 is 20.7 Å². The van der Waals surface area contributed by atoms with Gasteiger partial charge >= 0.3 is 0 Å². The fraction of sp³-hybridized carbons (Fsp3) is 0.318. The minimum Gasteiger partial charge on any atom is -0.490 e. The first-order valence-electron chi connectivity index (χ1n) is 9.68. The van der Waals surface area contributed by atoms with E-state index in [1.54, 1.807) is 55.6 Å². The molecule has 0 fully saturated rings. The van der Waals surface area contributed by atoms with Gasteiger partial charge in [0.1, 0.15) is 12.4 Å². The maximum Gasteiger partial charge on any atom is 0.261 e. The van der Waals surface area contributed by atoms with E-state index < -0.39 is 5.91 Å². The fourth-order valence-electron chi connectivity index (χ4n) is 2.50. The molecule has 0 aliphatic heterocycles. The van der Waals surface area contributed by atoms with E-state index in [1.165, 1.54) is 0 Å². The number of carbonyl (C=O) groups is 2. The maximum atomic E-state index is 12.6. The summed E-state index contributed by atoms with van der Waals surface area (Å²) in [4.78, 5) is 24.9. The first kappa shape index (κ1) is 23.3. The number of hydrogen-bond donors (Lipinski definition) is 3. The van der Waals surface area contributed by atoms with Crippen molar-refractivity contribution in [2.45, 2.75) is 26.3 Å². The van der Waals surface area contributed by atoms with Crippen LogP contribution in [0.5, 0.6) is 5.75 Å². The number of hydrogen-bond acceptors (Lipinski definition) is 5. The lowest BCUT2D eigenvalue weighted by atomic mass is 10.1. The van der Waals surface area contributed by atoms with E-state index in [1.807, 2.05) is 13.8 Å². The van der Waals surface area contributed by atoms with Crippen LogP contribution in [0.3, 0.4) is 0 Å². The van der Waals surface area contributed by atoms with Crippen molar-refractivity contribution in [1.29, 1.82) is 0 Å². The second-order valence-corrected chi connectivity index (χ2v) is 7.02. The van der Waals surface area contributed by atoms with E-state index in [2.05, 4.69) is 16.0 Å². The zero-order valence-electron chi connectivity index (χ0n) is 17.4. The number of thiocarbonyl (C=S) groups is 1. The van der Waals surface area contributed by atoms with E-state index >= 15 is 0 Å². The summed E-state index contributed by atoms with van der Waals surface area (Å²) in [7, 11) is 1.58. The average Bonchev–Trinajstić information content (AvgIpc) is 2.74.